The molecule has 1 aromatic rings. The van der Waals surface area contributed by atoms with Crippen molar-refractivity contribution in [3.63, 3.8) is 0 Å². The summed E-state index contributed by atoms with van der Waals surface area (Å²) in [6.45, 7) is 17.6. The zero-order valence-corrected chi connectivity index (χ0v) is 14.7. The Labute approximate surface area is 129 Å². The van der Waals surface area contributed by atoms with Gasteiger partial charge in [-0.3, -0.25) is 9.58 Å². The summed E-state index contributed by atoms with van der Waals surface area (Å²) in [5, 5.41) is 8.40. The molecule has 1 fully saturated rings. The van der Waals surface area contributed by atoms with Gasteiger partial charge in [-0.2, -0.15) is 5.10 Å². The molecule has 0 amide bonds. The van der Waals surface area contributed by atoms with E-state index in [4.69, 9.17) is 0 Å². The number of hydrogen-bond acceptors (Lipinski definition) is 3. The summed E-state index contributed by atoms with van der Waals surface area (Å²) in [7, 11) is 0. The molecular weight excluding hydrogens is 260 g/mol. The Morgan fingerprint density at radius 1 is 1.24 bits per heavy atom. The molecule has 2 heterocycles. The van der Waals surface area contributed by atoms with Crippen molar-refractivity contribution < 1.29 is 0 Å². The van der Waals surface area contributed by atoms with Gasteiger partial charge < -0.3 is 5.32 Å². The van der Waals surface area contributed by atoms with Crippen molar-refractivity contribution in [1.29, 1.82) is 0 Å². The Bertz CT molecular complexity index is 471. The molecule has 0 spiro atoms. The van der Waals surface area contributed by atoms with Crippen LogP contribution in [0, 0.1) is 6.92 Å². The van der Waals surface area contributed by atoms with E-state index in [0.29, 0.717) is 0 Å². The Morgan fingerprint density at radius 3 is 2.48 bits per heavy atom. The lowest BCUT2D eigenvalue weighted by Crippen LogP contribution is -2.67. The molecule has 1 N–H and O–H groups in total. The summed E-state index contributed by atoms with van der Waals surface area (Å²) in [6.07, 6.45) is 2.37. The molecule has 21 heavy (non-hydrogen) atoms. The SMILES string of the molecule is CCn1nc(C)cc1CN1CC(CC)(CC)NCC1(C)C. The molecule has 4 heteroatoms. The second-order valence-electron chi connectivity index (χ2n) is 7.10. The van der Waals surface area contributed by atoms with E-state index in [1.165, 1.54) is 18.5 Å². The van der Waals surface area contributed by atoms with Crippen molar-refractivity contribution >= 4 is 0 Å². The summed E-state index contributed by atoms with van der Waals surface area (Å²) in [5.41, 5.74) is 2.91. The van der Waals surface area contributed by atoms with Crippen molar-refractivity contribution in [3.8, 4) is 0 Å². The van der Waals surface area contributed by atoms with E-state index in [2.05, 4.69) is 67.6 Å². The minimum Gasteiger partial charge on any atom is -0.308 e. The van der Waals surface area contributed by atoms with Crippen LogP contribution in [0.3, 0.4) is 0 Å². The van der Waals surface area contributed by atoms with E-state index in [0.717, 1.165) is 31.9 Å². The van der Waals surface area contributed by atoms with E-state index in [1.807, 2.05) is 0 Å². The fourth-order valence-corrected chi connectivity index (χ4v) is 3.34. The lowest BCUT2D eigenvalue weighted by Gasteiger charge is -2.52. The second kappa shape index (κ2) is 6.09. The highest BCUT2D eigenvalue weighted by atomic mass is 15.3. The van der Waals surface area contributed by atoms with Gasteiger partial charge in [-0.05, 0) is 46.6 Å². The summed E-state index contributed by atoms with van der Waals surface area (Å²) in [5.74, 6) is 0. The Balaban J connectivity index is 2.22. The van der Waals surface area contributed by atoms with Crippen LogP contribution in [0.4, 0.5) is 0 Å². The van der Waals surface area contributed by atoms with Gasteiger partial charge in [0.05, 0.1) is 11.4 Å². The van der Waals surface area contributed by atoms with Gasteiger partial charge >= 0.3 is 0 Å². The minimum absolute atomic E-state index is 0.185. The van der Waals surface area contributed by atoms with Crippen molar-refractivity contribution in [1.82, 2.24) is 20.0 Å². The molecule has 1 aliphatic rings. The Kier molecular flexibility index (Phi) is 4.79. The maximum absolute atomic E-state index is 4.59. The predicted octanol–water partition coefficient (Wildman–Crippen LogP) is 2.95. The van der Waals surface area contributed by atoms with Crippen molar-refractivity contribution in [2.24, 2.45) is 0 Å². The molecular formula is C17H32N4. The van der Waals surface area contributed by atoms with Gasteiger partial charge in [0, 0.05) is 37.3 Å². The molecule has 0 bridgehead atoms. The third-order valence-electron chi connectivity index (χ3n) is 5.24. The lowest BCUT2D eigenvalue weighted by atomic mass is 9.85. The maximum atomic E-state index is 4.59. The largest absolute Gasteiger partial charge is 0.308 e. The first-order chi connectivity index (χ1) is 9.85. The maximum Gasteiger partial charge on any atom is 0.0597 e. The van der Waals surface area contributed by atoms with E-state index >= 15 is 0 Å². The molecule has 0 radical (unpaired) electrons. The molecule has 1 saturated heterocycles. The summed E-state index contributed by atoms with van der Waals surface area (Å²) in [4.78, 5) is 2.64. The van der Waals surface area contributed by atoms with Crippen LogP contribution >= 0.6 is 0 Å². The molecule has 0 aliphatic carbocycles. The molecule has 0 aromatic carbocycles. The van der Waals surface area contributed by atoms with Crippen LogP contribution in [0.25, 0.3) is 0 Å². The Hall–Kier alpha value is -0.870. The minimum atomic E-state index is 0.185. The van der Waals surface area contributed by atoms with E-state index in [9.17, 15) is 0 Å². The first-order valence-corrected chi connectivity index (χ1v) is 8.39. The smallest absolute Gasteiger partial charge is 0.0597 e. The molecule has 4 nitrogen and oxygen atoms in total. The number of hydrogen-bond donors (Lipinski definition) is 1. The van der Waals surface area contributed by atoms with Gasteiger partial charge in [0.2, 0.25) is 0 Å². The fraction of sp³-hybridized carbons (Fsp3) is 0.824. The van der Waals surface area contributed by atoms with Crippen LogP contribution < -0.4 is 5.32 Å². The Morgan fingerprint density at radius 2 is 1.90 bits per heavy atom. The zero-order valence-electron chi connectivity index (χ0n) is 14.7. The van der Waals surface area contributed by atoms with E-state index in [-0.39, 0.29) is 11.1 Å². The molecule has 120 valence electrons. The predicted molar refractivity (Wildman–Crippen MR) is 88.4 cm³/mol. The van der Waals surface area contributed by atoms with Crippen molar-refractivity contribution in [2.75, 3.05) is 13.1 Å². The monoisotopic (exact) mass is 292 g/mol. The van der Waals surface area contributed by atoms with Crippen molar-refractivity contribution in [2.45, 2.75) is 78.6 Å². The van der Waals surface area contributed by atoms with Gasteiger partial charge in [-0.1, -0.05) is 13.8 Å². The van der Waals surface area contributed by atoms with Crippen LogP contribution in [0.2, 0.25) is 0 Å². The first-order valence-electron chi connectivity index (χ1n) is 8.39. The lowest BCUT2D eigenvalue weighted by molar-refractivity contribution is 0.0143. The molecule has 0 unspecified atom stereocenters. The third-order valence-corrected chi connectivity index (χ3v) is 5.24. The van der Waals surface area contributed by atoms with E-state index < -0.39 is 0 Å². The van der Waals surface area contributed by atoms with Gasteiger partial charge in [0.25, 0.3) is 0 Å². The molecule has 1 aromatic heterocycles. The third kappa shape index (κ3) is 3.32. The molecule has 1 aliphatic heterocycles. The first kappa shape index (κ1) is 16.5. The van der Waals surface area contributed by atoms with Crippen LogP contribution in [0.5, 0.6) is 0 Å². The number of rotatable bonds is 5. The number of aryl methyl sites for hydroxylation is 2. The standard InChI is InChI=1S/C17H32N4/c1-7-17(8-2)13-20(16(5,6)12-18-17)11-15-10-14(4)19-21(15)9-3/h10,18H,7-9,11-13H2,1-6H3. The van der Waals surface area contributed by atoms with Crippen molar-refractivity contribution in [3.05, 3.63) is 17.5 Å². The van der Waals surface area contributed by atoms with Gasteiger partial charge in [0.15, 0.2) is 0 Å². The number of aromatic nitrogens is 2. The number of piperazine rings is 1. The highest BCUT2D eigenvalue weighted by Crippen LogP contribution is 2.29. The summed E-state index contributed by atoms with van der Waals surface area (Å²) in [6, 6.07) is 2.24. The van der Waals surface area contributed by atoms with Crippen LogP contribution in [0.1, 0.15) is 58.8 Å². The van der Waals surface area contributed by atoms with Gasteiger partial charge in [0.1, 0.15) is 0 Å². The normalized spacial score (nSPS) is 21.6. The average molecular weight is 292 g/mol. The highest BCUT2D eigenvalue weighted by molar-refractivity contribution is 5.11. The number of nitrogens with zero attached hydrogens (tertiary/aromatic N) is 3. The fourth-order valence-electron chi connectivity index (χ4n) is 3.34. The van der Waals surface area contributed by atoms with Crippen LogP contribution in [-0.2, 0) is 13.1 Å². The highest BCUT2D eigenvalue weighted by Gasteiger charge is 2.40. The quantitative estimate of drug-likeness (QED) is 0.906. The summed E-state index contributed by atoms with van der Waals surface area (Å²) < 4.78 is 2.15. The molecule has 0 atom stereocenters. The molecule has 2 rings (SSSR count). The zero-order chi connectivity index (χ0) is 15.7. The molecule has 0 saturated carbocycles. The van der Waals surface area contributed by atoms with Crippen LogP contribution in [-0.4, -0.2) is 38.8 Å². The summed E-state index contributed by atoms with van der Waals surface area (Å²) >= 11 is 0. The second-order valence-corrected chi connectivity index (χ2v) is 7.10. The van der Waals surface area contributed by atoms with Gasteiger partial charge in [-0.25, -0.2) is 0 Å². The topological polar surface area (TPSA) is 33.1 Å². The van der Waals surface area contributed by atoms with E-state index in [1.54, 1.807) is 0 Å². The van der Waals surface area contributed by atoms with Gasteiger partial charge in [-0.15, -0.1) is 0 Å². The number of nitrogens with one attached hydrogen (secondary N) is 1. The van der Waals surface area contributed by atoms with Crippen LogP contribution in [0.15, 0.2) is 6.07 Å². The average Bonchev–Trinajstić information content (AvgIpc) is 2.81.